The summed E-state index contributed by atoms with van der Waals surface area (Å²) < 4.78 is 5.51. The van der Waals surface area contributed by atoms with Gasteiger partial charge in [0.25, 0.3) is 0 Å². The summed E-state index contributed by atoms with van der Waals surface area (Å²) in [5.41, 5.74) is 0.734. The van der Waals surface area contributed by atoms with Crippen LogP contribution in [0.25, 0.3) is 11.0 Å². The molecule has 0 aliphatic carbocycles. The fraction of sp³-hybridized carbons (Fsp3) is 0.375. The first-order valence-electron chi connectivity index (χ1n) is 6.90. The van der Waals surface area contributed by atoms with Gasteiger partial charge in [-0.2, -0.15) is 0 Å². The van der Waals surface area contributed by atoms with E-state index in [0.717, 1.165) is 30.2 Å². The van der Waals surface area contributed by atoms with Gasteiger partial charge in [-0.3, -0.25) is 9.59 Å². The Kier molecular flexibility index (Phi) is 4.93. The van der Waals surface area contributed by atoms with Crippen molar-refractivity contribution in [1.82, 2.24) is 0 Å². The monoisotopic (exact) mass is 274 g/mol. The van der Waals surface area contributed by atoms with E-state index in [9.17, 15) is 9.59 Å². The van der Waals surface area contributed by atoms with Crippen molar-refractivity contribution >= 4 is 22.7 Å². The summed E-state index contributed by atoms with van der Waals surface area (Å²) >= 11 is 0. The van der Waals surface area contributed by atoms with E-state index in [1.807, 2.05) is 24.3 Å². The maximum absolute atomic E-state index is 12.0. The number of ketones is 1. The molecule has 1 aromatic heterocycles. The zero-order valence-corrected chi connectivity index (χ0v) is 11.3. The molecule has 0 spiro atoms. The van der Waals surface area contributed by atoms with Crippen molar-refractivity contribution in [2.75, 3.05) is 0 Å². The Morgan fingerprint density at radius 3 is 2.40 bits per heavy atom. The SMILES string of the molecule is O=C(O)CCCCCCC(=O)c1cc2ccccc2o1. The van der Waals surface area contributed by atoms with E-state index in [0.29, 0.717) is 18.6 Å². The van der Waals surface area contributed by atoms with Crippen LogP contribution in [0.5, 0.6) is 0 Å². The highest BCUT2D eigenvalue weighted by molar-refractivity contribution is 5.97. The van der Waals surface area contributed by atoms with Crippen LogP contribution < -0.4 is 0 Å². The topological polar surface area (TPSA) is 67.5 Å². The summed E-state index contributed by atoms with van der Waals surface area (Å²) in [7, 11) is 0. The first-order chi connectivity index (χ1) is 9.66. The molecule has 0 aliphatic rings. The first kappa shape index (κ1) is 14.3. The molecule has 2 rings (SSSR count). The van der Waals surface area contributed by atoms with Crippen LogP contribution in [-0.4, -0.2) is 16.9 Å². The van der Waals surface area contributed by atoms with E-state index in [2.05, 4.69) is 0 Å². The minimum atomic E-state index is -0.761. The molecule has 0 fully saturated rings. The van der Waals surface area contributed by atoms with Crippen molar-refractivity contribution in [2.45, 2.75) is 38.5 Å². The third-order valence-electron chi connectivity index (χ3n) is 3.24. The number of hydrogen-bond acceptors (Lipinski definition) is 3. The lowest BCUT2D eigenvalue weighted by molar-refractivity contribution is -0.137. The average molecular weight is 274 g/mol. The van der Waals surface area contributed by atoms with Crippen molar-refractivity contribution in [3.8, 4) is 0 Å². The fourth-order valence-electron chi connectivity index (χ4n) is 2.16. The number of carboxylic acids is 1. The lowest BCUT2D eigenvalue weighted by Crippen LogP contribution is -1.97. The lowest BCUT2D eigenvalue weighted by Gasteiger charge is -1.98. The van der Waals surface area contributed by atoms with Crippen LogP contribution in [0.4, 0.5) is 0 Å². The normalized spacial score (nSPS) is 10.8. The standard InChI is InChI=1S/C16H18O4/c17-13(8-3-1-2-4-10-16(18)19)15-11-12-7-5-6-9-14(12)20-15/h5-7,9,11H,1-4,8,10H2,(H,18,19). The fourth-order valence-corrected chi connectivity index (χ4v) is 2.16. The summed E-state index contributed by atoms with van der Waals surface area (Å²) in [5, 5.41) is 9.45. The zero-order chi connectivity index (χ0) is 14.4. The van der Waals surface area contributed by atoms with Gasteiger partial charge >= 0.3 is 5.97 Å². The van der Waals surface area contributed by atoms with Crippen LogP contribution in [0.3, 0.4) is 0 Å². The number of benzene rings is 1. The van der Waals surface area contributed by atoms with Crippen LogP contribution >= 0.6 is 0 Å². The van der Waals surface area contributed by atoms with Crippen LogP contribution in [0.2, 0.25) is 0 Å². The highest BCUT2D eigenvalue weighted by Crippen LogP contribution is 2.20. The van der Waals surface area contributed by atoms with E-state index in [1.54, 1.807) is 6.07 Å². The second kappa shape index (κ2) is 6.89. The Morgan fingerprint density at radius 1 is 1.00 bits per heavy atom. The number of unbranched alkanes of at least 4 members (excludes halogenated alkanes) is 3. The minimum Gasteiger partial charge on any atom is -0.481 e. The van der Waals surface area contributed by atoms with Gasteiger partial charge in [0.15, 0.2) is 11.5 Å². The van der Waals surface area contributed by atoms with Gasteiger partial charge in [0.05, 0.1) is 0 Å². The Hall–Kier alpha value is -2.10. The number of para-hydroxylation sites is 1. The summed E-state index contributed by atoms with van der Waals surface area (Å²) in [6, 6.07) is 9.33. The summed E-state index contributed by atoms with van der Waals surface area (Å²) in [6.45, 7) is 0. The number of hydrogen-bond donors (Lipinski definition) is 1. The molecule has 0 bridgehead atoms. The van der Waals surface area contributed by atoms with Gasteiger partial charge in [0.2, 0.25) is 0 Å². The van der Waals surface area contributed by atoms with E-state index in [1.165, 1.54) is 0 Å². The van der Waals surface area contributed by atoms with E-state index >= 15 is 0 Å². The van der Waals surface area contributed by atoms with Gasteiger partial charge in [-0.15, -0.1) is 0 Å². The number of carbonyl (C=O) groups is 2. The summed E-state index contributed by atoms with van der Waals surface area (Å²) in [4.78, 5) is 22.3. The van der Waals surface area contributed by atoms with Gasteiger partial charge in [0, 0.05) is 18.2 Å². The maximum atomic E-state index is 12.0. The highest BCUT2D eigenvalue weighted by atomic mass is 16.4. The van der Waals surface area contributed by atoms with E-state index in [-0.39, 0.29) is 12.2 Å². The summed E-state index contributed by atoms with van der Waals surface area (Å²) in [6.07, 6.45) is 3.83. The Morgan fingerprint density at radius 2 is 1.70 bits per heavy atom. The van der Waals surface area contributed by atoms with E-state index in [4.69, 9.17) is 9.52 Å². The Bertz CT molecular complexity index is 564. The number of Topliss-reactive ketones (excluding diaryl/α,β-unsaturated/α-hetero) is 1. The molecule has 0 saturated carbocycles. The predicted molar refractivity (Wildman–Crippen MR) is 75.9 cm³/mol. The van der Waals surface area contributed by atoms with Gasteiger partial charge < -0.3 is 9.52 Å². The molecule has 2 aromatic rings. The number of fused-ring (bicyclic) bond motifs is 1. The molecule has 1 heterocycles. The second-order valence-corrected chi connectivity index (χ2v) is 4.88. The van der Waals surface area contributed by atoms with Crippen molar-refractivity contribution in [2.24, 2.45) is 0 Å². The van der Waals surface area contributed by atoms with Crippen molar-refractivity contribution in [3.05, 3.63) is 36.1 Å². The molecule has 0 unspecified atom stereocenters. The summed E-state index contributed by atoms with van der Waals surface area (Å²) in [5.74, 6) is -0.334. The zero-order valence-electron chi connectivity index (χ0n) is 11.3. The molecule has 0 saturated heterocycles. The average Bonchev–Trinajstić information content (AvgIpc) is 2.86. The maximum Gasteiger partial charge on any atom is 0.303 e. The molecule has 20 heavy (non-hydrogen) atoms. The molecule has 4 heteroatoms. The Balaban J connectivity index is 1.76. The van der Waals surface area contributed by atoms with Gasteiger partial charge in [0.1, 0.15) is 5.58 Å². The number of carbonyl (C=O) groups excluding carboxylic acids is 1. The van der Waals surface area contributed by atoms with Crippen LogP contribution in [0, 0.1) is 0 Å². The molecular formula is C16H18O4. The highest BCUT2D eigenvalue weighted by Gasteiger charge is 2.11. The first-order valence-corrected chi connectivity index (χ1v) is 6.90. The molecule has 1 aromatic carbocycles. The number of carboxylic acid groups (broad SMARTS) is 1. The van der Waals surface area contributed by atoms with Crippen LogP contribution in [0.1, 0.15) is 49.1 Å². The largest absolute Gasteiger partial charge is 0.481 e. The molecule has 0 amide bonds. The van der Waals surface area contributed by atoms with E-state index < -0.39 is 5.97 Å². The minimum absolute atomic E-state index is 0.0134. The van der Waals surface area contributed by atoms with Gasteiger partial charge in [-0.25, -0.2) is 0 Å². The molecule has 1 N–H and O–H groups in total. The molecule has 106 valence electrons. The molecular weight excluding hydrogens is 256 g/mol. The predicted octanol–water partition coefficient (Wildman–Crippen LogP) is 4.04. The lowest BCUT2D eigenvalue weighted by atomic mass is 10.1. The third kappa shape index (κ3) is 3.95. The number of furan rings is 1. The number of rotatable bonds is 8. The van der Waals surface area contributed by atoms with Gasteiger partial charge in [-0.05, 0) is 25.0 Å². The van der Waals surface area contributed by atoms with Crippen LogP contribution in [0.15, 0.2) is 34.7 Å². The molecule has 4 nitrogen and oxygen atoms in total. The van der Waals surface area contributed by atoms with Gasteiger partial charge in [-0.1, -0.05) is 31.0 Å². The van der Waals surface area contributed by atoms with Crippen molar-refractivity contribution in [3.63, 3.8) is 0 Å². The smallest absolute Gasteiger partial charge is 0.303 e. The third-order valence-corrected chi connectivity index (χ3v) is 3.24. The Labute approximate surface area is 117 Å². The molecule has 0 atom stereocenters. The number of aliphatic carboxylic acids is 1. The second-order valence-electron chi connectivity index (χ2n) is 4.88. The van der Waals surface area contributed by atoms with Crippen LogP contribution in [-0.2, 0) is 4.79 Å². The molecule has 0 radical (unpaired) electrons. The van der Waals surface area contributed by atoms with Crippen molar-refractivity contribution < 1.29 is 19.1 Å². The van der Waals surface area contributed by atoms with Crippen molar-refractivity contribution in [1.29, 1.82) is 0 Å². The quantitative estimate of drug-likeness (QED) is 0.582. The molecule has 0 aliphatic heterocycles.